The van der Waals surface area contributed by atoms with Gasteiger partial charge in [-0.05, 0) is 32.1 Å². The number of amides is 3. The number of unbranched alkanes of at least 4 members (excludes halogenated alkanes) is 1. The molecule has 0 saturated heterocycles. The van der Waals surface area contributed by atoms with Gasteiger partial charge in [-0.3, -0.25) is 19.2 Å². The Labute approximate surface area is 178 Å². The molecule has 0 heterocycles. The van der Waals surface area contributed by atoms with Crippen molar-refractivity contribution in [2.24, 2.45) is 0 Å². The van der Waals surface area contributed by atoms with Gasteiger partial charge >= 0.3 is 5.97 Å². The third-order valence-corrected chi connectivity index (χ3v) is 4.29. The molecule has 1 unspecified atom stereocenters. The number of carbonyl (C=O) groups excluding carboxylic acids is 3. The molecular weight excluding hydrogens is 428 g/mol. The van der Waals surface area contributed by atoms with Crippen molar-refractivity contribution in [3.05, 3.63) is 0 Å². The van der Waals surface area contributed by atoms with Crippen LogP contribution in [0.2, 0.25) is 0 Å². The number of nitrogens with zero attached hydrogens (tertiary/aromatic N) is 2. The lowest BCUT2D eigenvalue weighted by molar-refractivity contribution is -0.152. The fourth-order valence-electron chi connectivity index (χ4n) is 2.68. The van der Waals surface area contributed by atoms with Crippen molar-refractivity contribution in [1.29, 1.82) is 0 Å². The van der Waals surface area contributed by atoms with Crippen LogP contribution in [0.3, 0.4) is 0 Å². The Hall–Kier alpha value is -2.44. The molecule has 3 amide bonds. The lowest BCUT2D eigenvalue weighted by atomic mass is 10.1. The Kier molecular flexibility index (Phi) is 15.9. The number of carboxylic acids is 1. The van der Waals surface area contributed by atoms with Gasteiger partial charge in [-0.2, -0.15) is 0 Å². The van der Waals surface area contributed by atoms with Gasteiger partial charge in [-0.1, -0.05) is 0 Å². The van der Waals surface area contributed by atoms with E-state index in [0.29, 0.717) is 6.42 Å². The van der Waals surface area contributed by atoms with Crippen LogP contribution in [0.15, 0.2) is 0 Å². The quantitative estimate of drug-likeness (QED) is 0.157. The highest BCUT2D eigenvalue weighted by atomic mass is 19.2. The molecule has 0 aliphatic rings. The molecule has 3 N–H and O–H groups in total. The van der Waals surface area contributed by atoms with Crippen LogP contribution in [0.4, 0.5) is 17.7 Å². The predicted octanol–water partition coefficient (Wildman–Crippen LogP) is 0.546. The van der Waals surface area contributed by atoms with Crippen LogP contribution in [0.5, 0.6) is 0 Å². The van der Waals surface area contributed by atoms with Crippen molar-refractivity contribution in [3.63, 3.8) is 0 Å². The molecule has 0 aliphatic carbocycles. The molecule has 0 aromatic carbocycles. The number of rotatable bonds is 18. The minimum Gasteiger partial charge on any atom is -0.480 e. The van der Waals surface area contributed by atoms with E-state index in [9.17, 15) is 41.9 Å². The van der Waals surface area contributed by atoms with Gasteiger partial charge in [0.2, 0.25) is 0 Å². The van der Waals surface area contributed by atoms with Gasteiger partial charge in [0.05, 0.1) is 0 Å². The van der Waals surface area contributed by atoms with E-state index >= 15 is 0 Å². The maximum atomic E-state index is 14.1. The summed E-state index contributed by atoms with van der Waals surface area (Å²) in [6.45, 7) is -3.48. The van der Waals surface area contributed by atoms with Crippen LogP contribution >= 0.6 is 0 Å². The SMILES string of the molecule is O=C(CF)NCCCN(CCCCC(C(=O)O)N(F)CCCNC(=O)CF)C(=O)CF. The number of halogens is 4. The monoisotopic (exact) mass is 458 g/mol. The fourth-order valence-corrected chi connectivity index (χ4v) is 2.68. The first-order valence-corrected chi connectivity index (χ1v) is 9.91. The van der Waals surface area contributed by atoms with E-state index in [-0.39, 0.29) is 63.5 Å². The lowest BCUT2D eigenvalue weighted by Gasteiger charge is -2.23. The molecular formula is C18H30F4N4O5. The van der Waals surface area contributed by atoms with E-state index in [2.05, 4.69) is 10.6 Å². The second kappa shape index (κ2) is 17.3. The van der Waals surface area contributed by atoms with Crippen LogP contribution in [0.25, 0.3) is 0 Å². The highest BCUT2D eigenvalue weighted by Gasteiger charge is 2.25. The van der Waals surface area contributed by atoms with Crippen LogP contribution in [0.1, 0.15) is 32.1 Å². The lowest BCUT2D eigenvalue weighted by Crippen LogP contribution is -2.38. The molecule has 0 spiro atoms. The van der Waals surface area contributed by atoms with Gasteiger partial charge in [0.1, 0.15) is 6.04 Å². The Morgan fingerprint density at radius 3 is 1.77 bits per heavy atom. The van der Waals surface area contributed by atoms with E-state index in [1.807, 2.05) is 0 Å². The molecule has 0 rings (SSSR count). The van der Waals surface area contributed by atoms with Gasteiger partial charge < -0.3 is 20.6 Å². The van der Waals surface area contributed by atoms with Gasteiger partial charge in [-0.15, -0.1) is 9.60 Å². The summed E-state index contributed by atoms with van der Waals surface area (Å²) in [6, 6.07) is -1.43. The summed E-state index contributed by atoms with van der Waals surface area (Å²) in [5, 5.41) is 13.8. The number of hydrogen-bond acceptors (Lipinski definition) is 5. The minimum absolute atomic E-state index is 0.00158. The molecule has 0 radical (unpaired) electrons. The first-order chi connectivity index (χ1) is 14.8. The van der Waals surface area contributed by atoms with E-state index in [1.165, 1.54) is 4.90 Å². The molecule has 0 bridgehead atoms. The summed E-state index contributed by atoms with van der Waals surface area (Å²) < 4.78 is 50.8. The van der Waals surface area contributed by atoms with E-state index in [1.54, 1.807) is 0 Å². The van der Waals surface area contributed by atoms with Crippen molar-refractivity contribution >= 4 is 23.7 Å². The average molecular weight is 458 g/mol. The van der Waals surface area contributed by atoms with Crippen LogP contribution in [0, 0.1) is 0 Å². The topological polar surface area (TPSA) is 119 Å². The average Bonchev–Trinajstić information content (AvgIpc) is 2.76. The van der Waals surface area contributed by atoms with Crippen LogP contribution in [-0.2, 0) is 19.2 Å². The van der Waals surface area contributed by atoms with Gasteiger partial charge in [-0.25, -0.2) is 13.2 Å². The van der Waals surface area contributed by atoms with Crippen LogP contribution < -0.4 is 10.6 Å². The number of aliphatic carboxylic acids is 1. The van der Waals surface area contributed by atoms with Gasteiger partial charge in [0.25, 0.3) is 17.7 Å². The molecule has 0 aliphatic heterocycles. The van der Waals surface area contributed by atoms with Crippen molar-refractivity contribution in [1.82, 2.24) is 20.7 Å². The normalized spacial score (nSPS) is 11.8. The summed E-state index contributed by atoms with van der Waals surface area (Å²) >= 11 is 0. The summed E-state index contributed by atoms with van der Waals surface area (Å²) in [5.41, 5.74) is 0. The first-order valence-electron chi connectivity index (χ1n) is 9.91. The first kappa shape index (κ1) is 28.6. The Morgan fingerprint density at radius 1 is 0.774 bits per heavy atom. The van der Waals surface area contributed by atoms with Crippen molar-refractivity contribution in [2.75, 3.05) is 52.7 Å². The highest BCUT2D eigenvalue weighted by Crippen LogP contribution is 2.12. The maximum Gasteiger partial charge on any atom is 0.323 e. The summed E-state index contributed by atoms with van der Waals surface area (Å²) in [5.74, 6) is -3.77. The molecule has 0 fully saturated rings. The van der Waals surface area contributed by atoms with Gasteiger partial charge in [0, 0.05) is 32.7 Å². The fraction of sp³-hybridized carbons (Fsp3) is 0.778. The zero-order valence-corrected chi connectivity index (χ0v) is 17.3. The zero-order valence-electron chi connectivity index (χ0n) is 17.3. The number of carboxylic acid groups (broad SMARTS) is 1. The Bertz CT molecular complexity index is 571. The minimum atomic E-state index is -1.43. The summed E-state index contributed by atoms with van der Waals surface area (Å²) in [6.07, 6.45) is 0.848. The molecule has 0 aromatic heterocycles. The van der Waals surface area contributed by atoms with E-state index < -0.39 is 49.8 Å². The van der Waals surface area contributed by atoms with E-state index in [4.69, 9.17) is 0 Å². The predicted molar refractivity (Wildman–Crippen MR) is 103 cm³/mol. The highest BCUT2D eigenvalue weighted by molar-refractivity contribution is 5.78. The smallest absolute Gasteiger partial charge is 0.323 e. The Balaban J connectivity index is 4.34. The van der Waals surface area contributed by atoms with Crippen LogP contribution in [-0.4, -0.2) is 97.6 Å². The largest absolute Gasteiger partial charge is 0.480 e. The second-order valence-corrected chi connectivity index (χ2v) is 6.66. The molecule has 9 nitrogen and oxygen atoms in total. The second-order valence-electron chi connectivity index (χ2n) is 6.66. The standard InChI is InChI=1S/C18H30F4N4O5/c19-11-15(27)23-6-3-9-25(17(29)13-21)8-2-1-5-14(18(30)31)26(22)10-4-7-24-16(28)12-20/h14H,1-13H2,(H,23,27)(H,24,28)(H,30,31). The number of nitrogens with one attached hydrogen (secondary N) is 2. The third kappa shape index (κ3) is 13.5. The van der Waals surface area contributed by atoms with Crippen molar-refractivity contribution < 1.29 is 41.9 Å². The molecule has 180 valence electrons. The maximum absolute atomic E-state index is 14.1. The van der Waals surface area contributed by atoms with Gasteiger partial charge in [0.15, 0.2) is 20.0 Å². The molecule has 13 heteroatoms. The molecule has 1 atom stereocenters. The number of alkyl halides is 3. The summed E-state index contributed by atoms with van der Waals surface area (Å²) in [7, 11) is 0. The third-order valence-electron chi connectivity index (χ3n) is 4.29. The van der Waals surface area contributed by atoms with E-state index in [0.717, 1.165) is 0 Å². The number of hydrogen-bond donors (Lipinski definition) is 3. The molecule has 0 aromatic rings. The summed E-state index contributed by atoms with van der Waals surface area (Å²) in [4.78, 5) is 45.7. The number of carbonyl (C=O) groups is 4. The van der Waals surface area contributed by atoms with Crippen molar-refractivity contribution in [3.8, 4) is 0 Å². The zero-order chi connectivity index (χ0) is 23.6. The molecule has 31 heavy (non-hydrogen) atoms. The Morgan fingerprint density at radius 2 is 1.29 bits per heavy atom. The van der Waals surface area contributed by atoms with Crippen molar-refractivity contribution in [2.45, 2.75) is 38.1 Å². The molecule has 0 saturated carbocycles.